The molecule has 1 saturated heterocycles. The maximum atomic E-state index is 12.9. The van der Waals surface area contributed by atoms with E-state index < -0.39 is 33.6 Å². The molecule has 0 spiro atoms. The minimum atomic E-state index is -4.58. The number of alkyl halides is 3. The molecule has 4 nitrogen and oxygen atoms in total. The fraction of sp³-hybridized carbons (Fsp3) is 0.538. The minimum absolute atomic E-state index is 0.137. The number of piperidine rings is 1. The lowest BCUT2D eigenvalue weighted by Gasteiger charge is -2.29. The fourth-order valence-corrected chi connectivity index (χ4v) is 3.93. The Bertz CT molecular complexity index is 593. The molecule has 0 unspecified atom stereocenters. The first-order valence-corrected chi connectivity index (χ1v) is 8.12. The summed E-state index contributed by atoms with van der Waals surface area (Å²) in [6, 6.07) is 4.68. The Morgan fingerprint density at radius 2 is 1.76 bits per heavy atom. The summed E-state index contributed by atoms with van der Waals surface area (Å²) in [5.41, 5.74) is -1.18. The lowest BCUT2D eigenvalue weighted by atomic mass is 10.1. The van der Waals surface area contributed by atoms with E-state index in [2.05, 4.69) is 0 Å². The van der Waals surface area contributed by atoms with E-state index in [0.717, 1.165) is 10.4 Å². The van der Waals surface area contributed by atoms with Crippen molar-refractivity contribution in [3.05, 3.63) is 35.4 Å². The molecule has 0 aliphatic carbocycles. The summed E-state index contributed by atoms with van der Waals surface area (Å²) in [5, 5.41) is 9.36. The molecule has 1 N–H and O–H groups in total. The molecule has 118 valence electrons. The zero-order chi connectivity index (χ0) is 15.7. The monoisotopic (exact) mass is 323 g/mol. The smallest absolute Gasteiger partial charge is 0.393 e. The van der Waals surface area contributed by atoms with Gasteiger partial charge in [0.25, 0.3) is 0 Å². The van der Waals surface area contributed by atoms with Gasteiger partial charge in [0.15, 0.2) is 0 Å². The number of nitrogens with zero attached hydrogens (tertiary/aromatic N) is 1. The second-order valence-corrected chi connectivity index (χ2v) is 7.01. The lowest BCUT2D eigenvalue weighted by molar-refractivity contribution is -0.138. The number of halogens is 3. The molecular weight excluding hydrogens is 307 g/mol. The van der Waals surface area contributed by atoms with Crippen LogP contribution in [0.15, 0.2) is 24.3 Å². The van der Waals surface area contributed by atoms with Gasteiger partial charge in [0.2, 0.25) is 10.0 Å². The molecule has 0 aromatic heterocycles. The summed E-state index contributed by atoms with van der Waals surface area (Å²) in [6.07, 6.45) is -4.51. The van der Waals surface area contributed by atoms with Gasteiger partial charge in [-0.25, -0.2) is 12.7 Å². The Labute approximate surface area is 121 Å². The highest BCUT2D eigenvalue weighted by Gasteiger charge is 2.35. The van der Waals surface area contributed by atoms with E-state index in [0.29, 0.717) is 12.8 Å². The molecule has 21 heavy (non-hydrogen) atoms. The highest BCUT2D eigenvalue weighted by Crippen LogP contribution is 2.33. The van der Waals surface area contributed by atoms with Gasteiger partial charge < -0.3 is 5.11 Å². The number of aliphatic hydroxyl groups excluding tert-OH is 1. The predicted octanol–water partition coefficient (Wildman–Crippen LogP) is 1.99. The number of sulfonamides is 1. The molecule has 0 amide bonds. The molecule has 0 radical (unpaired) electrons. The Balaban J connectivity index is 2.22. The van der Waals surface area contributed by atoms with E-state index in [1.54, 1.807) is 0 Å². The van der Waals surface area contributed by atoms with Gasteiger partial charge in [-0.05, 0) is 24.5 Å². The first-order valence-electron chi connectivity index (χ1n) is 6.51. The van der Waals surface area contributed by atoms with E-state index >= 15 is 0 Å². The molecule has 1 aromatic rings. The summed E-state index contributed by atoms with van der Waals surface area (Å²) < 4.78 is 64.2. The van der Waals surface area contributed by atoms with Crippen LogP contribution < -0.4 is 0 Å². The molecule has 8 heteroatoms. The maximum absolute atomic E-state index is 12.9. The normalized spacial score (nSPS) is 18.9. The van der Waals surface area contributed by atoms with Crippen molar-refractivity contribution in [1.82, 2.24) is 4.31 Å². The Hall–Kier alpha value is -1.12. The van der Waals surface area contributed by atoms with Gasteiger partial charge in [0.05, 0.1) is 17.4 Å². The van der Waals surface area contributed by atoms with Crippen LogP contribution in [0.3, 0.4) is 0 Å². The third-order valence-electron chi connectivity index (χ3n) is 3.48. The second-order valence-electron chi connectivity index (χ2n) is 5.04. The van der Waals surface area contributed by atoms with Crippen LogP contribution in [0.1, 0.15) is 24.0 Å². The van der Waals surface area contributed by atoms with Gasteiger partial charge in [-0.1, -0.05) is 18.2 Å². The van der Waals surface area contributed by atoms with Gasteiger partial charge in [0.1, 0.15) is 0 Å². The number of aliphatic hydroxyl groups is 1. The molecule has 0 saturated carbocycles. The molecule has 1 aliphatic heterocycles. The van der Waals surface area contributed by atoms with E-state index in [1.807, 2.05) is 0 Å². The van der Waals surface area contributed by atoms with Gasteiger partial charge in [-0.2, -0.15) is 13.2 Å². The molecule has 2 rings (SSSR count). The van der Waals surface area contributed by atoms with Crippen LogP contribution in [0.2, 0.25) is 0 Å². The highest BCUT2D eigenvalue weighted by molar-refractivity contribution is 7.88. The molecule has 1 aliphatic rings. The zero-order valence-electron chi connectivity index (χ0n) is 11.2. The standard InChI is InChI=1S/C13H16F3NO3S/c14-13(15,16)12-4-2-1-3-10(12)9-21(19,20)17-7-5-11(18)6-8-17/h1-4,11,18H,5-9H2. The van der Waals surface area contributed by atoms with Crippen molar-refractivity contribution in [3.63, 3.8) is 0 Å². The minimum Gasteiger partial charge on any atom is -0.393 e. The van der Waals surface area contributed by atoms with Gasteiger partial charge >= 0.3 is 6.18 Å². The van der Waals surface area contributed by atoms with Crippen molar-refractivity contribution in [2.45, 2.75) is 30.9 Å². The van der Waals surface area contributed by atoms with Crippen molar-refractivity contribution < 1.29 is 26.7 Å². The van der Waals surface area contributed by atoms with Crippen LogP contribution in [-0.2, 0) is 22.0 Å². The average molecular weight is 323 g/mol. The third-order valence-corrected chi connectivity index (χ3v) is 5.31. The van der Waals surface area contributed by atoms with Crippen LogP contribution in [0, 0.1) is 0 Å². The Kier molecular flexibility index (Phi) is 4.60. The fourth-order valence-electron chi connectivity index (χ4n) is 2.33. The largest absolute Gasteiger partial charge is 0.416 e. The first-order chi connectivity index (χ1) is 9.70. The number of hydrogen-bond donors (Lipinski definition) is 1. The molecule has 0 atom stereocenters. The summed E-state index contributed by atoms with van der Waals surface area (Å²) >= 11 is 0. The second kappa shape index (κ2) is 5.94. The Morgan fingerprint density at radius 3 is 2.33 bits per heavy atom. The van der Waals surface area contributed by atoms with Gasteiger partial charge in [0, 0.05) is 13.1 Å². The summed E-state index contributed by atoms with van der Waals surface area (Å²) in [6.45, 7) is 0.273. The van der Waals surface area contributed by atoms with Crippen LogP contribution in [0.5, 0.6) is 0 Å². The highest BCUT2D eigenvalue weighted by atomic mass is 32.2. The number of hydrogen-bond acceptors (Lipinski definition) is 3. The van der Waals surface area contributed by atoms with E-state index in [1.165, 1.54) is 18.2 Å². The van der Waals surface area contributed by atoms with Gasteiger partial charge in [-0.3, -0.25) is 0 Å². The predicted molar refractivity (Wildman–Crippen MR) is 70.9 cm³/mol. The van der Waals surface area contributed by atoms with Gasteiger partial charge in [-0.15, -0.1) is 0 Å². The number of benzene rings is 1. The van der Waals surface area contributed by atoms with Crippen LogP contribution in [0.4, 0.5) is 13.2 Å². The number of rotatable bonds is 3. The summed E-state index contributed by atoms with van der Waals surface area (Å²) in [7, 11) is -3.82. The molecule has 0 bridgehead atoms. The zero-order valence-corrected chi connectivity index (χ0v) is 12.0. The molecule has 1 heterocycles. The summed E-state index contributed by atoms with van der Waals surface area (Å²) in [4.78, 5) is 0. The van der Waals surface area contributed by atoms with Crippen molar-refractivity contribution >= 4 is 10.0 Å². The van der Waals surface area contributed by atoms with Crippen LogP contribution >= 0.6 is 0 Å². The first kappa shape index (κ1) is 16.3. The third kappa shape index (κ3) is 3.96. The van der Waals surface area contributed by atoms with E-state index in [9.17, 15) is 26.7 Å². The van der Waals surface area contributed by atoms with E-state index in [-0.39, 0.29) is 18.7 Å². The van der Waals surface area contributed by atoms with Crippen molar-refractivity contribution in [1.29, 1.82) is 0 Å². The molecule has 1 fully saturated rings. The Morgan fingerprint density at radius 1 is 1.19 bits per heavy atom. The van der Waals surface area contributed by atoms with Crippen LogP contribution in [0.25, 0.3) is 0 Å². The molecular formula is C13H16F3NO3S. The SMILES string of the molecule is O=S(=O)(Cc1ccccc1C(F)(F)F)N1CCC(O)CC1. The van der Waals surface area contributed by atoms with Crippen molar-refractivity contribution in [2.75, 3.05) is 13.1 Å². The van der Waals surface area contributed by atoms with E-state index in [4.69, 9.17) is 0 Å². The average Bonchev–Trinajstić information content (AvgIpc) is 2.38. The van der Waals surface area contributed by atoms with Crippen molar-refractivity contribution in [2.24, 2.45) is 0 Å². The maximum Gasteiger partial charge on any atom is 0.416 e. The summed E-state index contributed by atoms with van der Waals surface area (Å²) in [5.74, 6) is -0.682. The van der Waals surface area contributed by atoms with Crippen LogP contribution in [-0.4, -0.2) is 37.0 Å². The quantitative estimate of drug-likeness (QED) is 0.925. The van der Waals surface area contributed by atoms with Crippen molar-refractivity contribution in [3.8, 4) is 0 Å². The molecule has 1 aromatic carbocycles. The topological polar surface area (TPSA) is 57.6 Å². The lowest BCUT2D eigenvalue weighted by Crippen LogP contribution is -2.40.